The highest BCUT2D eigenvalue weighted by molar-refractivity contribution is 5.85. The predicted octanol–water partition coefficient (Wildman–Crippen LogP) is 3.81. The maximum atomic E-state index is 13.7. The molecule has 0 radical (unpaired) electrons. The van der Waals surface area contributed by atoms with Crippen LogP contribution >= 0.6 is 12.4 Å². The highest BCUT2D eigenvalue weighted by atomic mass is 35.5. The van der Waals surface area contributed by atoms with Gasteiger partial charge in [0.2, 0.25) is 5.91 Å². The van der Waals surface area contributed by atoms with Crippen LogP contribution in [0.25, 0.3) is 0 Å². The van der Waals surface area contributed by atoms with Gasteiger partial charge in [-0.3, -0.25) is 4.79 Å². The second kappa shape index (κ2) is 10.7. The molecule has 1 heterocycles. The minimum absolute atomic E-state index is 0. The molecule has 1 aromatic rings. The van der Waals surface area contributed by atoms with E-state index in [1.807, 2.05) is 19.1 Å². The summed E-state index contributed by atoms with van der Waals surface area (Å²) in [7, 11) is 0. The van der Waals surface area contributed by atoms with Gasteiger partial charge in [0, 0.05) is 18.5 Å². The average molecular weight is 357 g/mol. The summed E-state index contributed by atoms with van der Waals surface area (Å²) in [6, 6.07) is 7.21. The summed E-state index contributed by atoms with van der Waals surface area (Å²) in [6.45, 7) is 6.90. The highest BCUT2D eigenvalue weighted by Crippen LogP contribution is 2.19. The van der Waals surface area contributed by atoms with Crippen molar-refractivity contribution in [2.75, 3.05) is 19.6 Å². The van der Waals surface area contributed by atoms with E-state index in [4.69, 9.17) is 0 Å². The number of benzene rings is 1. The van der Waals surface area contributed by atoms with Gasteiger partial charge in [-0.05, 0) is 56.8 Å². The van der Waals surface area contributed by atoms with Crippen molar-refractivity contribution in [2.45, 2.75) is 52.0 Å². The van der Waals surface area contributed by atoms with Crippen LogP contribution in [0.1, 0.15) is 45.1 Å². The third-order valence-electron chi connectivity index (χ3n) is 4.72. The molecule has 1 N–H and O–H groups in total. The number of nitrogens with zero attached hydrogens (tertiary/aromatic N) is 1. The molecule has 0 saturated carbocycles. The van der Waals surface area contributed by atoms with Crippen LogP contribution in [-0.2, 0) is 11.2 Å². The van der Waals surface area contributed by atoms with Crippen molar-refractivity contribution in [1.29, 1.82) is 0 Å². The Morgan fingerprint density at radius 3 is 2.62 bits per heavy atom. The summed E-state index contributed by atoms with van der Waals surface area (Å²) in [4.78, 5) is 14.9. The van der Waals surface area contributed by atoms with Gasteiger partial charge in [0.05, 0.1) is 0 Å². The van der Waals surface area contributed by atoms with Crippen LogP contribution < -0.4 is 5.32 Å². The molecular weight excluding hydrogens is 327 g/mol. The Kier molecular flexibility index (Phi) is 9.30. The van der Waals surface area contributed by atoms with E-state index < -0.39 is 0 Å². The molecule has 24 heavy (non-hydrogen) atoms. The van der Waals surface area contributed by atoms with Crippen molar-refractivity contribution in [3.63, 3.8) is 0 Å². The zero-order chi connectivity index (χ0) is 16.7. The summed E-state index contributed by atoms with van der Waals surface area (Å²) in [5, 5.41) is 3.35. The Labute approximate surface area is 151 Å². The first-order chi connectivity index (χ1) is 11.1. The number of nitrogens with one attached hydrogen (secondary N) is 1. The van der Waals surface area contributed by atoms with Crippen LogP contribution in [0.2, 0.25) is 0 Å². The van der Waals surface area contributed by atoms with E-state index in [0.29, 0.717) is 24.4 Å². The third kappa shape index (κ3) is 5.75. The zero-order valence-electron chi connectivity index (χ0n) is 14.8. The second-order valence-electron chi connectivity index (χ2n) is 6.54. The molecule has 5 heteroatoms. The fourth-order valence-corrected chi connectivity index (χ4v) is 3.31. The lowest BCUT2D eigenvalue weighted by Gasteiger charge is -2.36. The van der Waals surface area contributed by atoms with Crippen LogP contribution in [0.5, 0.6) is 0 Å². The third-order valence-corrected chi connectivity index (χ3v) is 4.72. The van der Waals surface area contributed by atoms with Gasteiger partial charge in [0.25, 0.3) is 0 Å². The first-order valence-electron chi connectivity index (χ1n) is 8.88. The number of hydrogen-bond acceptors (Lipinski definition) is 2. The molecule has 1 atom stereocenters. The summed E-state index contributed by atoms with van der Waals surface area (Å²) in [6.07, 6.45) is 4.37. The molecule has 1 saturated heterocycles. The summed E-state index contributed by atoms with van der Waals surface area (Å²) >= 11 is 0. The lowest BCUT2D eigenvalue weighted by molar-refractivity contribution is -0.138. The largest absolute Gasteiger partial charge is 0.339 e. The fraction of sp³-hybridized carbons (Fsp3) is 0.632. The van der Waals surface area contributed by atoms with Crippen LogP contribution in [0.4, 0.5) is 4.39 Å². The van der Waals surface area contributed by atoms with Gasteiger partial charge in [0.1, 0.15) is 5.82 Å². The van der Waals surface area contributed by atoms with Crippen LogP contribution in [0.3, 0.4) is 0 Å². The van der Waals surface area contributed by atoms with E-state index in [-0.39, 0.29) is 30.0 Å². The highest BCUT2D eigenvalue weighted by Gasteiger charge is 2.27. The molecule has 1 aliphatic heterocycles. The van der Waals surface area contributed by atoms with E-state index >= 15 is 0 Å². The van der Waals surface area contributed by atoms with Crippen molar-refractivity contribution in [3.05, 3.63) is 35.6 Å². The Bertz CT molecular complexity index is 506. The number of amides is 1. The number of rotatable bonds is 7. The Morgan fingerprint density at radius 2 is 2.00 bits per heavy atom. The van der Waals surface area contributed by atoms with Crippen molar-refractivity contribution in [1.82, 2.24) is 10.2 Å². The van der Waals surface area contributed by atoms with E-state index in [1.165, 1.54) is 6.07 Å². The molecular formula is C19H30ClFN2O. The summed E-state index contributed by atoms with van der Waals surface area (Å²) < 4.78 is 13.7. The number of carbonyl (C=O) groups is 1. The average Bonchev–Trinajstić information content (AvgIpc) is 2.59. The number of halogens is 2. The Morgan fingerprint density at radius 1 is 1.33 bits per heavy atom. The van der Waals surface area contributed by atoms with Gasteiger partial charge < -0.3 is 10.2 Å². The number of hydrogen-bond donors (Lipinski definition) is 1. The second-order valence-corrected chi connectivity index (χ2v) is 6.54. The van der Waals surface area contributed by atoms with Crippen molar-refractivity contribution >= 4 is 18.3 Å². The predicted molar refractivity (Wildman–Crippen MR) is 99.0 cm³/mol. The first-order valence-corrected chi connectivity index (χ1v) is 8.88. The Balaban J connectivity index is 0.00000288. The first kappa shape index (κ1) is 20.9. The molecule has 3 nitrogen and oxygen atoms in total. The molecule has 1 aromatic carbocycles. The lowest BCUT2D eigenvalue weighted by Crippen LogP contribution is -2.48. The summed E-state index contributed by atoms with van der Waals surface area (Å²) in [5.41, 5.74) is 0.705. The smallest absolute Gasteiger partial charge is 0.225 e. The SMILES string of the molecule is CCCN(C(=O)C(C)CCc1ccccc1F)C1CCNCC1.Cl. The van der Waals surface area contributed by atoms with E-state index in [2.05, 4.69) is 17.1 Å². The fourth-order valence-electron chi connectivity index (χ4n) is 3.31. The van der Waals surface area contributed by atoms with Crippen molar-refractivity contribution < 1.29 is 9.18 Å². The quantitative estimate of drug-likeness (QED) is 0.805. The number of aryl methyl sites for hydroxylation is 1. The van der Waals surface area contributed by atoms with Gasteiger partial charge in [-0.15, -0.1) is 12.4 Å². The standard InChI is InChI=1S/C19H29FN2O.ClH/c1-3-14-22(17-10-12-21-13-11-17)19(23)15(2)8-9-16-6-4-5-7-18(16)20;/h4-7,15,17,21H,3,8-14H2,1-2H3;1H. The van der Waals surface area contributed by atoms with E-state index in [0.717, 1.165) is 38.9 Å². The maximum absolute atomic E-state index is 13.7. The molecule has 136 valence electrons. The molecule has 1 fully saturated rings. The Hall–Kier alpha value is -1.13. The maximum Gasteiger partial charge on any atom is 0.225 e. The van der Waals surface area contributed by atoms with Crippen molar-refractivity contribution in [2.24, 2.45) is 5.92 Å². The topological polar surface area (TPSA) is 32.3 Å². The van der Waals surface area contributed by atoms with Crippen LogP contribution in [-0.4, -0.2) is 36.5 Å². The van der Waals surface area contributed by atoms with Gasteiger partial charge >= 0.3 is 0 Å². The molecule has 1 aliphatic rings. The normalized spacial score (nSPS) is 16.3. The molecule has 0 aromatic heterocycles. The number of carbonyl (C=O) groups excluding carboxylic acids is 1. The lowest BCUT2D eigenvalue weighted by atomic mass is 9.97. The molecule has 1 unspecified atom stereocenters. The van der Waals surface area contributed by atoms with Gasteiger partial charge in [-0.25, -0.2) is 4.39 Å². The summed E-state index contributed by atoms with van der Waals surface area (Å²) in [5.74, 6) is 0.00190. The molecule has 0 spiro atoms. The van der Waals surface area contributed by atoms with Gasteiger partial charge in [-0.1, -0.05) is 32.0 Å². The van der Waals surface area contributed by atoms with E-state index in [9.17, 15) is 9.18 Å². The monoisotopic (exact) mass is 356 g/mol. The minimum atomic E-state index is -0.170. The van der Waals surface area contributed by atoms with Crippen LogP contribution in [0, 0.1) is 11.7 Å². The molecule has 0 bridgehead atoms. The van der Waals surface area contributed by atoms with Gasteiger partial charge in [0.15, 0.2) is 0 Å². The van der Waals surface area contributed by atoms with Crippen molar-refractivity contribution in [3.8, 4) is 0 Å². The molecule has 0 aliphatic carbocycles. The zero-order valence-corrected chi connectivity index (χ0v) is 15.6. The molecule has 2 rings (SSSR count). The van der Waals surface area contributed by atoms with Crippen LogP contribution in [0.15, 0.2) is 24.3 Å². The molecule has 1 amide bonds. The van der Waals surface area contributed by atoms with E-state index in [1.54, 1.807) is 6.07 Å². The minimum Gasteiger partial charge on any atom is -0.339 e. The number of piperidine rings is 1. The van der Waals surface area contributed by atoms with Gasteiger partial charge in [-0.2, -0.15) is 0 Å².